The standard InChI is InChI=1S/C10H10BrN/c11-9-6-3-7-12-10(9)8-4-1-2-5-8/h3-4,6-7H,1-2,5H2. The van der Waals surface area contributed by atoms with Gasteiger partial charge in [0.05, 0.1) is 5.69 Å². The summed E-state index contributed by atoms with van der Waals surface area (Å²) in [6, 6.07) is 3.99. The maximum atomic E-state index is 4.35. The number of rotatable bonds is 1. The summed E-state index contributed by atoms with van der Waals surface area (Å²) < 4.78 is 1.11. The molecule has 1 heterocycles. The molecule has 2 rings (SSSR count). The number of hydrogen-bond acceptors (Lipinski definition) is 1. The lowest BCUT2D eigenvalue weighted by Gasteiger charge is -2.02. The van der Waals surface area contributed by atoms with Gasteiger partial charge in [-0.15, -0.1) is 0 Å². The van der Waals surface area contributed by atoms with Crippen LogP contribution in [0.5, 0.6) is 0 Å². The van der Waals surface area contributed by atoms with Gasteiger partial charge in [0, 0.05) is 10.7 Å². The summed E-state index contributed by atoms with van der Waals surface area (Å²) in [5.41, 5.74) is 2.51. The van der Waals surface area contributed by atoms with Gasteiger partial charge in [-0.3, -0.25) is 4.98 Å². The molecule has 0 spiro atoms. The average Bonchev–Trinajstić information content (AvgIpc) is 2.57. The van der Waals surface area contributed by atoms with Crippen LogP contribution in [0.1, 0.15) is 25.0 Å². The van der Waals surface area contributed by atoms with Crippen LogP contribution >= 0.6 is 15.9 Å². The Morgan fingerprint density at radius 3 is 3.00 bits per heavy atom. The van der Waals surface area contributed by atoms with E-state index in [0.29, 0.717) is 0 Å². The predicted molar refractivity (Wildman–Crippen MR) is 53.8 cm³/mol. The first-order valence-electron chi connectivity index (χ1n) is 4.18. The molecule has 62 valence electrons. The highest BCUT2D eigenvalue weighted by atomic mass is 79.9. The fraction of sp³-hybridized carbons (Fsp3) is 0.300. The summed E-state index contributed by atoms with van der Waals surface area (Å²) in [5.74, 6) is 0. The molecule has 0 unspecified atom stereocenters. The molecular formula is C10H10BrN. The quantitative estimate of drug-likeness (QED) is 0.712. The van der Waals surface area contributed by atoms with Gasteiger partial charge in [-0.1, -0.05) is 6.08 Å². The molecule has 1 aromatic heterocycles. The van der Waals surface area contributed by atoms with Crippen LogP contribution in [0.25, 0.3) is 5.57 Å². The Morgan fingerprint density at radius 2 is 2.33 bits per heavy atom. The van der Waals surface area contributed by atoms with Gasteiger partial charge in [0.1, 0.15) is 0 Å². The van der Waals surface area contributed by atoms with Gasteiger partial charge in [0.25, 0.3) is 0 Å². The first-order chi connectivity index (χ1) is 5.88. The highest BCUT2D eigenvalue weighted by Crippen LogP contribution is 2.30. The monoisotopic (exact) mass is 223 g/mol. The fourth-order valence-corrected chi connectivity index (χ4v) is 2.02. The van der Waals surface area contributed by atoms with Gasteiger partial charge in [0.15, 0.2) is 0 Å². The molecule has 1 aliphatic carbocycles. The zero-order valence-corrected chi connectivity index (χ0v) is 8.34. The predicted octanol–water partition coefficient (Wildman–Crippen LogP) is 3.41. The zero-order chi connectivity index (χ0) is 8.39. The number of hydrogen-bond donors (Lipinski definition) is 0. The van der Waals surface area contributed by atoms with E-state index in [1.807, 2.05) is 18.3 Å². The lowest BCUT2D eigenvalue weighted by molar-refractivity contribution is 0.932. The lowest BCUT2D eigenvalue weighted by Crippen LogP contribution is -1.87. The van der Waals surface area contributed by atoms with E-state index in [4.69, 9.17) is 0 Å². The van der Waals surface area contributed by atoms with Gasteiger partial charge in [-0.25, -0.2) is 0 Å². The van der Waals surface area contributed by atoms with Crippen molar-refractivity contribution in [3.63, 3.8) is 0 Å². The van der Waals surface area contributed by atoms with E-state index in [1.54, 1.807) is 0 Å². The van der Waals surface area contributed by atoms with Crippen molar-refractivity contribution in [1.82, 2.24) is 4.98 Å². The maximum absolute atomic E-state index is 4.35. The number of nitrogens with zero attached hydrogens (tertiary/aromatic N) is 1. The van der Waals surface area contributed by atoms with Crippen molar-refractivity contribution in [3.05, 3.63) is 34.6 Å². The second-order valence-corrected chi connectivity index (χ2v) is 3.81. The molecule has 0 amide bonds. The number of pyridine rings is 1. The van der Waals surface area contributed by atoms with Gasteiger partial charge in [-0.05, 0) is 52.9 Å². The first-order valence-corrected chi connectivity index (χ1v) is 4.97. The van der Waals surface area contributed by atoms with E-state index in [0.717, 1.165) is 10.2 Å². The van der Waals surface area contributed by atoms with E-state index in [2.05, 4.69) is 27.0 Å². The molecule has 0 saturated carbocycles. The summed E-state index contributed by atoms with van der Waals surface area (Å²) in [5, 5.41) is 0. The smallest absolute Gasteiger partial charge is 0.0800 e. The minimum Gasteiger partial charge on any atom is -0.255 e. The number of allylic oxidation sites excluding steroid dienone is 2. The molecule has 1 nitrogen and oxygen atoms in total. The SMILES string of the molecule is Brc1cccnc1C1=CCCC1. The molecular weight excluding hydrogens is 214 g/mol. The Balaban J connectivity index is 2.39. The van der Waals surface area contributed by atoms with Crippen molar-refractivity contribution < 1.29 is 0 Å². The molecule has 0 bridgehead atoms. The summed E-state index contributed by atoms with van der Waals surface area (Å²) in [7, 11) is 0. The fourth-order valence-electron chi connectivity index (χ4n) is 1.51. The molecule has 12 heavy (non-hydrogen) atoms. The van der Waals surface area contributed by atoms with Crippen molar-refractivity contribution in [2.75, 3.05) is 0 Å². The molecule has 0 saturated heterocycles. The first kappa shape index (κ1) is 7.99. The number of halogens is 1. The molecule has 0 atom stereocenters. The zero-order valence-electron chi connectivity index (χ0n) is 6.76. The molecule has 0 aromatic carbocycles. The van der Waals surface area contributed by atoms with Crippen LogP contribution in [0.4, 0.5) is 0 Å². The van der Waals surface area contributed by atoms with Crippen molar-refractivity contribution in [2.24, 2.45) is 0 Å². The van der Waals surface area contributed by atoms with Crippen LogP contribution in [0.2, 0.25) is 0 Å². The Morgan fingerprint density at radius 1 is 1.42 bits per heavy atom. The Kier molecular flexibility index (Phi) is 2.26. The van der Waals surface area contributed by atoms with Crippen LogP contribution in [-0.2, 0) is 0 Å². The van der Waals surface area contributed by atoms with Crippen LogP contribution in [0.15, 0.2) is 28.9 Å². The third kappa shape index (κ3) is 1.44. The highest BCUT2D eigenvalue weighted by Gasteiger charge is 2.10. The highest BCUT2D eigenvalue weighted by molar-refractivity contribution is 9.10. The molecule has 0 aliphatic heterocycles. The van der Waals surface area contributed by atoms with Crippen molar-refractivity contribution in [2.45, 2.75) is 19.3 Å². The van der Waals surface area contributed by atoms with Gasteiger partial charge in [-0.2, -0.15) is 0 Å². The topological polar surface area (TPSA) is 12.9 Å². The average molecular weight is 224 g/mol. The summed E-state index contributed by atoms with van der Waals surface area (Å²) >= 11 is 3.50. The van der Waals surface area contributed by atoms with E-state index in [9.17, 15) is 0 Å². The Labute approximate surface area is 80.6 Å². The molecule has 1 aromatic rings. The minimum atomic E-state index is 1.11. The second kappa shape index (κ2) is 3.40. The summed E-state index contributed by atoms with van der Waals surface area (Å²) in [6.45, 7) is 0. The van der Waals surface area contributed by atoms with Crippen molar-refractivity contribution in [1.29, 1.82) is 0 Å². The van der Waals surface area contributed by atoms with E-state index in [1.165, 1.54) is 24.8 Å². The van der Waals surface area contributed by atoms with E-state index >= 15 is 0 Å². The van der Waals surface area contributed by atoms with Crippen LogP contribution in [0.3, 0.4) is 0 Å². The van der Waals surface area contributed by atoms with Crippen molar-refractivity contribution in [3.8, 4) is 0 Å². The van der Waals surface area contributed by atoms with Gasteiger partial charge >= 0.3 is 0 Å². The van der Waals surface area contributed by atoms with E-state index in [-0.39, 0.29) is 0 Å². The molecule has 0 fully saturated rings. The summed E-state index contributed by atoms with van der Waals surface area (Å²) in [4.78, 5) is 4.35. The third-order valence-electron chi connectivity index (χ3n) is 2.10. The largest absolute Gasteiger partial charge is 0.255 e. The van der Waals surface area contributed by atoms with Crippen LogP contribution in [-0.4, -0.2) is 4.98 Å². The second-order valence-electron chi connectivity index (χ2n) is 2.96. The normalized spacial score (nSPS) is 16.2. The van der Waals surface area contributed by atoms with Crippen LogP contribution in [0, 0.1) is 0 Å². The molecule has 0 radical (unpaired) electrons. The van der Waals surface area contributed by atoms with Gasteiger partial charge in [0.2, 0.25) is 0 Å². The Bertz CT molecular complexity index is 317. The maximum Gasteiger partial charge on any atom is 0.0800 e. The third-order valence-corrected chi connectivity index (χ3v) is 2.74. The Hall–Kier alpha value is -0.630. The molecule has 1 aliphatic rings. The van der Waals surface area contributed by atoms with Gasteiger partial charge < -0.3 is 0 Å². The summed E-state index contributed by atoms with van der Waals surface area (Å²) in [6.07, 6.45) is 7.79. The molecule has 2 heteroatoms. The molecule has 0 N–H and O–H groups in total. The van der Waals surface area contributed by atoms with Crippen LogP contribution < -0.4 is 0 Å². The minimum absolute atomic E-state index is 1.11. The van der Waals surface area contributed by atoms with E-state index < -0.39 is 0 Å². The number of aromatic nitrogens is 1. The van der Waals surface area contributed by atoms with Crippen molar-refractivity contribution >= 4 is 21.5 Å². The lowest BCUT2D eigenvalue weighted by atomic mass is 10.1.